The first-order valence-electron chi connectivity index (χ1n) is 8.64. The smallest absolute Gasteiger partial charge is 0.164 e. The average Bonchev–Trinajstić information content (AvgIpc) is 3.29. The van der Waals surface area contributed by atoms with Gasteiger partial charge in [0.05, 0.1) is 35.8 Å². The van der Waals surface area contributed by atoms with Crippen LogP contribution in [-0.2, 0) is 0 Å². The molecule has 0 aliphatic rings. The number of hydrogen-bond donors (Lipinski definition) is 0. The van der Waals surface area contributed by atoms with Gasteiger partial charge in [0.25, 0.3) is 0 Å². The van der Waals surface area contributed by atoms with Crippen LogP contribution in [0.25, 0.3) is 33.5 Å². The monoisotopic (exact) mass is 390 g/mol. The summed E-state index contributed by atoms with van der Waals surface area (Å²) in [5.41, 5.74) is 4.91. The van der Waals surface area contributed by atoms with Crippen LogP contribution < -0.4 is 4.74 Å². The predicted molar refractivity (Wildman–Crippen MR) is 107 cm³/mol. The van der Waals surface area contributed by atoms with Crippen molar-refractivity contribution in [2.24, 2.45) is 0 Å². The van der Waals surface area contributed by atoms with Crippen LogP contribution in [0, 0.1) is 6.92 Å². The summed E-state index contributed by atoms with van der Waals surface area (Å²) in [7, 11) is 1.63. The molecule has 0 saturated heterocycles. The minimum absolute atomic E-state index is 0.609. The summed E-state index contributed by atoms with van der Waals surface area (Å²) >= 11 is 6.23. The zero-order valence-electron chi connectivity index (χ0n) is 15.2. The number of hydrogen-bond acceptors (Lipinski definition) is 5. The van der Waals surface area contributed by atoms with Gasteiger partial charge in [0.15, 0.2) is 5.65 Å². The van der Waals surface area contributed by atoms with E-state index in [0.717, 1.165) is 39.2 Å². The normalized spacial score (nSPS) is 11.4. The van der Waals surface area contributed by atoms with Gasteiger partial charge in [-0.05, 0) is 37.3 Å². The van der Waals surface area contributed by atoms with E-state index in [1.165, 1.54) is 0 Å². The highest BCUT2D eigenvalue weighted by atomic mass is 35.5. The van der Waals surface area contributed by atoms with Crippen LogP contribution in [0.15, 0.2) is 55.1 Å². The van der Waals surface area contributed by atoms with Crippen molar-refractivity contribution in [2.45, 2.75) is 6.92 Å². The van der Waals surface area contributed by atoms with Gasteiger partial charge in [-0.1, -0.05) is 11.6 Å². The highest BCUT2D eigenvalue weighted by Crippen LogP contribution is 2.32. The number of pyridine rings is 1. The molecule has 0 aliphatic carbocycles. The van der Waals surface area contributed by atoms with E-state index in [0.29, 0.717) is 10.8 Å². The first-order valence-corrected chi connectivity index (χ1v) is 9.01. The number of nitrogens with zero attached hydrogens (tertiary/aromatic N) is 6. The zero-order valence-corrected chi connectivity index (χ0v) is 15.9. The molecular formula is C20H15ClN6O. The number of halogens is 1. The molecule has 1 aromatic carbocycles. The molecule has 0 fully saturated rings. The molecule has 5 aromatic rings. The minimum Gasteiger partial charge on any atom is -0.494 e. The molecule has 0 aliphatic heterocycles. The number of fused-ring (bicyclic) bond motifs is 2. The fourth-order valence-corrected chi connectivity index (χ4v) is 3.49. The Bertz CT molecular complexity index is 1340. The molecule has 4 heterocycles. The predicted octanol–water partition coefficient (Wildman–Crippen LogP) is 4.10. The van der Waals surface area contributed by atoms with Crippen LogP contribution in [-0.4, -0.2) is 36.5 Å². The van der Waals surface area contributed by atoms with E-state index in [4.69, 9.17) is 21.4 Å². The molecule has 0 saturated carbocycles. The Balaban J connectivity index is 1.77. The van der Waals surface area contributed by atoms with Crippen LogP contribution in [0.3, 0.4) is 0 Å². The second kappa shape index (κ2) is 6.31. The first kappa shape index (κ1) is 16.7. The second-order valence-electron chi connectivity index (χ2n) is 6.35. The van der Waals surface area contributed by atoms with E-state index in [1.807, 2.05) is 48.3 Å². The van der Waals surface area contributed by atoms with Gasteiger partial charge in [0.1, 0.15) is 11.4 Å². The Morgan fingerprint density at radius 1 is 1.11 bits per heavy atom. The lowest BCUT2D eigenvalue weighted by atomic mass is 10.1. The van der Waals surface area contributed by atoms with Crippen molar-refractivity contribution in [2.75, 3.05) is 7.11 Å². The minimum atomic E-state index is 0.609. The summed E-state index contributed by atoms with van der Waals surface area (Å²) in [6, 6.07) is 9.28. The van der Waals surface area contributed by atoms with E-state index >= 15 is 0 Å². The lowest BCUT2D eigenvalue weighted by molar-refractivity contribution is 0.412. The fourth-order valence-electron chi connectivity index (χ4n) is 3.32. The number of aromatic nitrogens is 6. The molecule has 0 N–H and O–H groups in total. The van der Waals surface area contributed by atoms with E-state index in [-0.39, 0.29) is 0 Å². The molecule has 0 unspecified atom stereocenters. The van der Waals surface area contributed by atoms with Crippen LogP contribution in [0.1, 0.15) is 5.69 Å². The number of aryl methyl sites for hydroxylation is 1. The average molecular weight is 391 g/mol. The van der Waals surface area contributed by atoms with Crippen molar-refractivity contribution in [1.29, 1.82) is 0 Å². The quantitative estimate of drug-likeness (QED) is 0.464. The van der Waals surface area contributed by atoms with Gasteiger partial charge in [-0.2, -0.15) is 10.2 Å². The lowest BCUT2D eigenvalue weighted by Gasteiger charge is -2.10. The molecule has 4 aromatic heterocycles. The molecule has 0 radical (unpaired) electrons. The van der Waals surface area contributed by atoms with Gasteiger partial charge in [0, 0.05) is 29.0 Å². The molecule has 8 heteroatoms. The van der Waals surface area contributed by atoms with Gasteiger partial charge in [-0.3, -0.25) is 4.98 Å². The summed E-state index contributed by atoms with van der Waals surface area (Å²) in [5, 5.41) is 10.6. The highest BCUT2D eigenvalue weighted by Gasteiger charge is 2.16. The van der Waals surface area contributed by atoms with Crippen LogP contribution in [0.4, 0.5) is 0 Å². The molecular weight excluding hydrogens is 376 g/mol. The summed E-state index contributed by atoms with van der Waals surface area (Å²) in [4.78, 5) is 9.05. The van der Waals surface area contributed by atoms with Crippen LogP contribution in [0.5, 0.6) is 5.75 Å². The first-order chi connectivity index (χ1) is 13.7. The van der Waals surface area contributed by atoms with Gasteiger partial charge in [0.2, 0.25) is 0 Å². The molecule has 0 atom stereocenters. The standard InChI is InChI=1S/C20H15ClN6O/c1-12-14-10-23-16(15-11-24-26-7-3-6-22-20(15)26)9-17(14)27(25-12)18-8-13(21)4-5-19(18)28-2/h3-11H,1-2H3. The Hall–Kier alpha value is -3.45. The van der Waals surface area contributed by atoms with Crippen molar-refractivity contribution >= 4 is 28.2 Å². The molecule has 28 heavy (non-hydrogen) atoms. The molecule has 138 valence electrons. The topological polar surface area (TPSA) is 70.1 Å². The van der Waals surface area contributed by atoms with Crippen LogP contribution in [0.2, 0.25) is 5.02 Å². The maximum Gasteiger partial charge on any atom is 0.164 e. The van der Waals surface area contributed by atoms with Crippen molar-refractivity contribution in [3.05, 3.63) is 65.8 Å². The van der Waals surface area contributed by atoms with Gasteiger partial charge in [-0.25, -0.2) is 14.2 Å². The SMILES string of the molecule is COc1ccc(Cl)cc1-n1nc(C)c2cnc(-c3cnn4cccnc34)cc21. The van der Waals surface area contributed by atoms with Crippen molar-refractivity contribution in [3.8, 4) is 22.7 Å². The Labute approximate surface area is 165 Å². The zero-order chi connectivity index (χ0) is 19.3. The summed E-state index contributed by atoms with van der Waals surface area (Å²) in [6.07, 6.45) is 7.19. The largest absolute Gasteiger partial charge is 0.494 e. The third-order valence-corrected chi connectivity index (χ3v) is 4.91. The molecule has 0 amide bonds. The number of ether oxygens (including phenoxy) is 1. The van der Waals surface area contributed by atoms with Crippen molar-refractivity contribution < 1.29 is 4.74 Å². The second-order valence-corrected chi connectivity index (χ2v) is 6.78. The Morgan fingerprint density at radius 3 is 2.86 bits per heavy atom. The number of methoxy groups -OCH3 is 1. The third kappa shape index (κ3) is 2.51. The molecule has 0 bridgehead atoms. The number of rotatable bonds is 3. The Morgan fingerprint density at radius 2 is 2.00 bits per heavy atom. The molecule has 0 spiro atoms. The Kier molecular flexibility index (Phi) is 3.77. The maximum atomic E-state index is 6.23. The van der Waals surface area contributed by atoms with Crippen molar-refractivity contribution in [3.63, 3.8) is 0 Å². The molecule has 7 nitrogen and oxygen atoms in total. The van der Waals surface area contributed by atoms with E-state index in [9.17, 15) is 0 Å². The number of benzene rings is 1. The summed E-state index contributed by atoms with van der Waals surface area (Å²) in [6.45, 7) is 1.95. The summed E-state index contributed by atoms with van der Waals surface area (Å²) in [5.74, 6) is 0.685. The van der Waals surface area contributed by atoms with Gasteiger partial charge >= 0.3 is 0 Å². The molecule has 5 rings (SSSR count). The van der Waals surface area contributed by atoms with Crippen molar-refractivity contribution in [1.82, 2.24) is 29.4 Å². The lowest BCUT2D eigenvalue weighted by Crippen LogP contribution is -2.00. The summed E-state index contributed by atoms with van der Waals surface area (Å²) < 4.78 is 9.07. The maximum absolute atomic E-state index is 6.23. The van der Waals surface area contributed by atoms with Gasteiger partial charge in [-0.15, -0.1) is 0 Å². The van der Waals surface area contributed by atoms with E-state index in [2.05, 4.69) is 15.1 Å². The third-order valence-electron chi connectivity index (χ3n) is 4.67. The van der Waals surface area contributed by atoms with Gasteiger partial charge < -0.3 is 4.74 Å². The van der Waals surface area contributed by atoms with E-state index < -0.39 is 0 Å². The van der Waals surface area contributed by atoms with Crippen LogP contribution >= 0.6 is 11.6 Å². The van der Waals surface area contributed by atoms with E-state index in [1.54, 1.807) is 30.1 Å². The highest BCUT2D eigenvalue weighted by molar-refractivity contribution is 6.30. The fraction of sp³-hybridized carbons (Fsp3) is 0.100.